The van der Waals surface area contributed by atoms with Crippen LogP contribution in [0.1, 0.15) is 5.56 Å². The molecule has 0 atom stereocenters. The van der Waals surface area contributed by atoms with Crippen LogP contribution in [0.3, 0.4) is 0 Å². The van der Waals surface area contributed by atoms with Crippen molar-refractivity contribution >= 4 is 17.5 Å². The molecule has 0 saturated heterocycles. The van der Waals surface area contributed by atoms with Crippen molar-refractivity contribution in [3.63, 3.8) is 0 Å². The molecule has 0 unspecified atom stereocenters. The van der Waals surface area contributed by atoms with E-state index in [0.29, 0.717) is 11.2 Å². The highest BCUT2D eigenvalue weighted by Gasteiger charge is 2.12. The predicted molar refractivity (Wildman–Crippen MR) is 93.9 cm³/mol. The van der Waals surface area contributed by atoms with Crippen molar-refractivity contribution in [2.24, 2.45) is 0 Å². The van der Waals surface area contributed by atoms with Crippen LogP contribution in [0.2, 0.25) is 0 Å². The molecule has 3 aromatic heterocycles. The van der Waals surface area contributed by atoms with Gasteiger partial charge in [0.15, 0.2) is 5.65 Å². The molecular weight excluding hydrogens is 354 g/mol. The molecule has 0 saturated carbocycles. The number of rotatable bonds is 4. The summed E-state index contributed by atoms with van der Waals surface area (Å²) in [6.07, 6.45) is 4.92. The maximum Gasteiger partial charge on any atom is 0.249 e. The zero-order valence-corrected chi connectivity index (χ0v) is 14.2. The van der Waals surface area contributed by atoms with Crippen molar-refractivity contribution in [3.8, 4) is 11.1 Å². The molecule has 0 aliphatic carbocycles. The van der Waals surface area contributed by atoms with Crippen molar-refractivity contribution in [3.05, 3.63) is 66.1 Å². The van der Waals surface area contributed by atoms with Crippen LogP contribution in [-0.4, -0.2) is 30.3 Å². The summed E-state index contributed by atoms with van der Waals surface area (Å²) in [5.74, 6) is -1.29. The number of pyridine rings is 1. The molecule has 0 aliphatic heterocycles. The molecule has 4 rings (SSSR count). The Labute approximate surface area is 152 Å². The van der Waals surface area contributed by atoms with Gasteiger partial charge in [0.1, 0.15) is 18.2 Å². The number of benzene rings is 1. The number of nitrogens with one attached hydrogen (secondary N) is 1. The number of hydrogen-bond donors (Lipinski definition) is 1. The number of carbonyl (C=O) groups excluding carboxylic acids is 1. The highest BCUT2D eigenvalue weighted by atomic mass is 19.1. The predicted octanol–water partition coefficient (Wildman–Crippen LogP) is 2.82. The molecule has 0 spiro atoms. The largest absolute Gasteiger partial charge is 0.292 e. The fourth-order valence-corrected chi connectivity index (χ4v) is 2.68. The van der Waals surface area contributed by atoms with E-state index in [-0.39, 0.29) is 24.0 Å². The summed E-state index contributed by atoms with van der Waals surface area (Å²) >= 11 is 0. The zero-order valence-electron chi connectivity index (χ0n) is 14.2. The van der Waals surface area contributed by atoms with E-state index in [9.17, 15) is 13.6 Å². The maximum absolute atomic E-state index is 14.0. The molecule has 1 aromatic carbocycles. The highest BCUT2D eigenvalue weighted by molar-refractivity contribution is 5.88. The number of amides is 1. The second-order valence-corrected chi connectivity index (χ2v) is 6.04. The monoisotopic (exact) mass is 368 g/mol. The van der Waals surface area contributed by atoms with Gasteiger partial charge in [-0.05, 0) is 42.8 Å². The minimum absolute atomic E-state index is 0.0309. The van der Waals surface area contributed by atoms with Gasteiger partial charge in [0.05, 0.1) is 6.20 Å². The van der Waals surface area contributed by atoms with Gasteiger partial charge in [-0.3, -0.25) is 14.8 Å². The first-order valence-electron chi connectivity index (χ1n) is 8.09. The van der Waals surface area contributed by atoms with Crippen LogP contribution in [0.25, 0.3) is 16.8 Å². The summed E-state index contributed by atoms with van der Waals surface area (Å²) in [5, 5.41) is 10.8. The topological polar surface area (TPSA) is 77.1 Å². The fraction of sp³-hybridized carbons (Fsp3) is 0.111. The summed E-state index contributed by atoms with van der Waals surface area (Å²) in [6.45, 7) is 1.91. The summed E-state index contributed by atoms with van der Waals surface area (Å²) in [5.41, 5.74) is 1.97. The van der Waals surface area contributed by atoms with Crippen LogP contribution in [0.15, 0.2) is 48.9 Å². The Morgan fingerprint density at radius 3 is 2.81 bits per heavy atom. The molecule has 4 aromatic rings. The highest BCUT2D eigenvalue weighted by Crippen LogP contribution is 2.24. The van der Waals surface area contributed by atoms with Gasteiger partial charge in [-0.1, -0.05) is 0 Å². The lowest BCUT2D eigenvalue weighted by Crippen LogP contribution is -2.19. The van der Waals surface area contributed by atoms with Crippen LogP contribution in [0, 0.1) is 18.6 Å². The minimum atomic E-state index is -0.543. The van der Waals surface area contributed by atoms with Gasteiger partial charge in [-0.25, -0.2) is 13.3 Å². The molecule has 0 bridgehead atoms. The Balaban J connectivity index is 1.57. The standard InChI is InChI=1S/C18H14F2N6O/c1-11-7-21-25(8-11)10-17(27)23-18-22-16-5-2-12(9-26(16)24-18)14-6-13(19)3-4-15(14)20/h2-9H,10H2,1H3,(H,23,24,27). The van der Waals surface area contributed by atoms with Crippen molar-refractivity contribution in [1.29, 1.82) is 0 Å². The van der Waals surface area contributed by atoms with Crippen molar-refractivity contribution < 1.29 is 13.6 Å². The molecule has 9 heteroatoms. The Morgan fingerprint density at radius 2 is 2.04 bits per heavy atom. The van der Waals surface area contributed by atoms with E-state index in [1.54, 1.807) is 24.5 Å². The van der Waals surface area contributed by atoms with Crippen LogP contribution < -0.4 is 5.32 Å². The molecule has 1 N–H and O–H groups in total. The molecule has 0 fully saturated rings. The minimum Gasteiger partial charge on any atom is -0.292 e. The summed E-state index contributed by atoms with van der Waals surface area (Å²) in [6, 6.07) is 6.46. The number of halogens is 2. The van der Waals surface area contributed by atoms with Crippen molar-refractivity contribution in [2.45, 2.75) is 13.5 Å². The van der Waals surface area contributed by atoms with E-state index in [1.165, 1.54) is 15.4 Å². The third-order valence-corrected chi connectivity index (χ3v) is 3.89. The van der Waals surface area contributed by atoms with Crippen molar-refractivity contribution in [2.75, 3.05) is 5.32 Å². The normalized spacial score (nSPS) is 11.1. The molecule has 3 heterocycles. The Morgan fingerprint density at radius 1 is 1.19 bits per heavy atom. The van der Waals surface area contributed by atoms with Crippen LogP contribution in [0.5, 0.6) is 0 Å². The first kappa shape index (κ1) is 16.8. The van der Waals surface area contributed by atoms with E-state index in [4.69, 9.17) is 0 Å². The van der Waals surface area contributed by atoms with Gasteiger partial charge in [0, 0.05) is 23.5 Å². The molecule has 136 valence electrons. The molecule has 0 radical (unpaired) electrons. The lowest BCUT2D eigenvalue weighted by molar-refractivity contribution is -0.116. The number of aryl methyl sites for hydroxylation is 1. The smallest absolute Gasteiger partial charge is 0.249 e. The average molecular weight is 368 g/mol. The Bertz CT molecular complexity index is 1150. The second kappa shape index (κ2) is 6.60. The number of nitrogens with zero attached hydrogens (tertiary/aromatic N) is 5. The van der Waals surface area contributed by atoms with Crippen molar-refractivity contribution in [1.82, 2.24) is 24.4 Å². The van der Waals surface area contributed by atoms with Gasteiger partial charge in [-0.15, -0.1) is 5.10 Å². The van der Waals surface area contributed by atoms with Crippen LogP contribution in [-0.2, 0) is 11.3 Å². The first-order valence-corrected chi connectivity index (χ1v) is 8.09. The summed E-state index contributed by atoms with van der Waals surface area (Å²) in [4.78, 5) is 16.3. The van der Waals surface area contributed by atoms with E-state index in [0.717, 1.165) is 23.8 Å². The van der Waals surface area contributed by atoms with Gasteiger partial charge in [0.2, 0.25) is 11.9 Å². The Kier molecular flexibility index (Phi) is 4.11. The molecule has 1 amide bonds. The molecule has 27 heavy (non-hydrogen) atoms. The zero-order chi connectivity index (χ0) is 19.0. The Hall–Kier alpha value is -3.62. The van der Waals surface area contributed by atoms with E-state index in [1.807, 2.05) is 6.92 Å². The van der Waals surface area contributed by atoms with Gasteiger partial charge in [0.25, 0.3) is 0 Å². The third kappa shape index (κ3) is 3.52. The van der Waals surface area contributed by atoms with Crippen LogP contribution in [0.4, 0.5) is 14.7 Å². The van der Waals surface area contributed by atoms with E-state index in [2.05, 4.69) is 20.5 Å². The van der Waals surface area contributed by atoms with E-state index >= 15 is 0 Å². The number of fused-ring (bicyclic) bond motifs is 1. The number of anilines is 1. The van der Waals surface area contributed by atoms with Gasteiger partial charge < -0.3 is 0 Å². The first-order chi connectivity index (χ1) is 13.0. The fourth-order valence-electron chi connectivity index (χ4n) is 2.68. The molecule has 7 nitrogen and oxygen atoms in total. The van der Waals surface area contributed by atoms with Crippen LogP contribution >= 0.6 is 0 Å². The maximum atomic E-state index is 14.0. The van der Waals surface area contributed by atoms with Gasteiger partial charge in [-0.2, -0.15) is 10.1 Å². The number of carbonyl (C=O) groups is 1. The lowest BCUT2D eigenvalue weighted by atomic mass is 10.1. The molecular formula is C18H14F2N6O. The second-order valence-electron chi connectivity index (χ2n) is 6.04. The lowest BCUT2D eigenvalue weighted by Gasteiger charge is -2.03. The number of hydrogen-bond acceptors (Lipinski definition) is 4. The summed E-state index contributed by atoms with van der Waals surface area (Å²) < 4.78 is 30.3. The van der Waals surface area contributed by atoms with Gasteiger partial charge >= 0.3 is 0 Å². The summed E-state index contributed by atoms with van der Waals surface area (Å²) in [7, 11) is 0. The third-order valence-electron chi connectivity index (χ3n) is 3.89. The number of aromatic nitrogens is 5. The van der Waals surface area contributed by atoms with E-state index < -0.39 is 11.6 Å². The molecule has 0 aliphatic rings. The SMILES string of the molecule is Cc1cnn(CC(=O)Nc2nc3ccc(-c4cc(F)ccc4F)cn3n2)c1. The quantitative estimate of drug-likeness (QED) is 0.601. The average Bonchev–Trinajstić information content (AvgIpc) is 3.21.